The molecule has 128 valence electrons. The third-order valence-corrected chi connectivity index (χ3v) is 5.33. The Bertz CT molecular complexity index is 1020. The van der Waals surface area contributed by atoms with Crippen molar-refractivity contribution in [2.45, 2.75) is 32.6 Å². The summed E-state index contributed by atoms with van der Waals surface area (Å²) >= 11 is 0. The molecule has 0 amide bonds. The number of benzene rings is 1. The second-order valence-corrected chi connectivity index (χ2v) is 7.13. The minimum Gasteiger partial charge on any atom is -0.278 e. The Morgan fingerprint density at radius 3 is 2.69 bits per heavy atom. The first-order valence-corrected chi connectivity index (χ1v) is 9.32. The van der Waals surface area contributed by atoms with Crippen molar-refractivity contribution in [3.8, 4) is 0 Å². The molecule has 0 saturated heterocycles. The van der Waals surface area contributed by atoms with Gasteiger partial charge < -0.3 is 0 Å². The standard InChI is InChI=1S/C23H21N3/c1-16-14-19-12-11-18-8-5-13-24-22(18)26(23(19)25-15-16)21-10-4-7-17-6-2-3-9-20(17)21/h4-5,7-8,10-15H,2-3,6,9H2,1H3. The monoisotopic (exact) mass is 339 g/mol. The molecule has 1 aromatic carbocycles. The predicted molar refractivity (Wildman–Crippen MR) is 107 cm³/mol. The first-order chi connectivity index (χ1) is 12.8. The molecule has 2 aliphatic rings. The summed E-state index contributed by atoms with van der Waals surface area (Å²) < 4.78 is 0. The average Bonchev–Trinajstić information content (AvgIpc) is 2.84. The fraction of sp³-hybridized carbons (Fsp3) is 0.217. The van der Waals surface area contributed by atoms with Gasteiger partial charge in [0.2, 0.25) is 0 Å². The molecule has 5 rings (SSSR count). The zero-order chi connectivity index (χ0) is 17.5. The third-order valence-electron chi connectivity index (χ3n) is 5.33. The van der Waals surface area contributed by atoms with E-state index in [1.54, 1.807) is 0 Å². The molecular formula is C23H21N3. The molecule has 3 heterocycles. The number of hydrogen-bond donors (Lipinski definition) is 0. The molecule has 0 unspecified atom stereocenters. The van der Waals surface area contributed by atoms with Crippen molar-refractivity contribution >= 4 is 29.5 Å². The van der Waals surface area contributed by atoms with Crippen LogP contribution in [0.25, 0.3) is 12.2 Å². The number of hydrogen-bond acceptors (Lipinski definition) is 3. The van der Waals surface area contributed by atoms with Crippen molar-refractivity contribution in [2.75, 3.05) is 4.90 Å². The van der Waals surface area contributed by atoms with Crippen molar-refractivity contribution in [1.82, 2.24) is 9.97 Å². The first-order valence-electron chi connectivity index (χ1n) is 9.32. The molecule has 0 radical (unpaired) electrons. The lowest BCUT2D eigenvalue weighted by molar-refractivity contribution is 0.685. The Morgan fingerprint density at radius 1 is 0.885 bits per heavy atom. The molecule has 3 nitrogen and oxygen atoms in total. The molecule has 2 aromatic heterocycles. The minimum absolute atomic E-state index is 0.956. The van der Waals surface area contributed by atoms with E-state index in [9.17, 15) is 0 Å². The summed E-state index contributed by atoms with van der Waals surface area (Å²) in [4.78, 5) is 11.8. The lowest BCUT2D eigenvalue weighted by Crippen LogP contribution is -2.18. The zero-order valence-electron chi connectivity index (χ0n) is 14.9. The van der Waals surface area contributed by atoms with E-state index in [4.69, 9.17) is 9.97 Å². The van der Waals surface area contributed by atoms with Crippen molar-refractivity contribution in [2.24, 2.45) is 0 Å². The van der Waals surface area contributed by atoms with E-state index in [-0.39, 0.29) is 0 Å². The SMILES string of the molecule is Cc1cnc2c(c1)C=Cc1cccnc1N2c1cccc2c1CCCC2. The molecular weight excluding hydrogens is 318 g/mol. The maximum atomic E-state index is 4.82. The highest BCUT2D eigenvalue weighted by molar-refractivity contribution is 5.91. The molecule has 0 saturated carbocycles. The van der Waals surface area contributed by atoms with Crippen LogP contribution in [0.1, 0.15) is 40.7 Å². The summed E-state index contributed by atoms with van der Waals surface area (Å²) in [6.07, 6.45) is 12.9. The van der Waals surface area contributed by atoms with E-state index in [0.29, 0.717) is 0 Å². The van der Waals surface area contributed by atoms with Gasteiger partial charge in [0.1, 0.15) is 11.6 Å². The van der Waals surface area contributed by atoms with Gasteiger partial charge in [0.25, 0.3) is 0 Å². The lowest BCUT2D eigenvalue weighted by Gasteiger charge is -2.29. The predicted octanol–water partition coefficient (Wildman–Crippen LogP) is 5.62. The van der Waals surface area contributed by atoms with Gasteiger partial charge in [0.05, 0.1) is 5.69 Å². The van der Waals surface area contributed by atoms with Crippen LogP contribution in [0.15, 0.2) is 48.8 Å². The molecule has 3 aromatic rings. The molecule has 0 spiro atoms. The highest BCUT2D eigenvalue weighted by Gasteiger charge is 2.25. The van der Waals surface area contributed by atoms with Crippen LogP contribution in [0.3, 0.4) is 0 Å². The highest BCUT2D eigenvalue weighted by atomic mass is 15.2. The van der Waals surface area contributed by atoms with Gasteiger partial charge in [-0.1, -0.05) is 24.3 Å². The molecule has 0 fully saturated rings. The van der Waals surface area contributed by atoms with Gasteiger partial charge >= 0.3 is 0 Å². The number of nitrogens with zero attached hydrogens (tertiary/aromatic N) is 3. The maximum Gasteiger partial charge on any atom is 0.146 e. The van der Waals surface area contributed by atoms with Crippen LogP contribution in [0.5, 0.6) is 0 Å². The zero-order valence-corrected chi connectivity index (χ0v) is 14.9. The van der Waals surface area contributed by atoms with Gasteiger partial charge in [-0.25, -0.2) is 9.97 Å². The lowest BCUT2D eigenvalue weighted by atomic mass is 9.90. The summed E-state index contributed by atoms with van der Waals surface area (Å²) in [7, 11) is 0. The smallest absolute Gasteiger partial charge is 0.146 e. The molecule has 0 N–H and O–H groups in total. The fourth-order valence-corrected chi connectivity index (χ4v) is 4.10. The van der Waals surface area contributed by atoms with Crippen LogP contribution in [0, 0.1) is 6.92 Å². The van der Waals surface area contributed by atoms with Crippen LogP contribution >= 0.6 is 0 Å². The van der Waals surface area contributed by atoms with E-state index in [0.717, 1.165) is 29.2 Å². The summed E-state index contributed by atoms with van der Waals surface area (Å²) in [6, 6.07) is 13.0. The summed E-state index contributed by atoms with van der Waals surface area (Å²) in [6.45, 7) is 2.09. The minimum atomic E-state index is 0.956. The van der Waals surface area contributed by atoms with E-state index >= 15 is 0 Å². The number of pyridine rings is 2. The largest absolute Gasteiger partial charge is 0.278 e. The van der Waals surface area contributed by atoms with Crippen LogP contribution in [0.4, 0.5) is 17.3 Å². The van der Waals surface area contributed by atoms with Gasteiger partial charge in [0, 0.05) is 23.5 Å². The van der Waals surface area contributed by atoms with Crippen LogP contribution in [0.2, 0.25) is 0 Å². The molecule has 1 aliphatic heterocycles. The van der Waals surface area contributed by atoms with Gasteiger partial charge in [0.15, 0.2) is 0 Å². The van der Waals surface area contributed by atoms with Crippen LogP contribution in [-0.4, -0.2) is 9.97 Å². The third kappa shape index (κ3) is 2.43. The van der Waals surface area contributed by atoms with E-state index < -0.39 is 0 Å². The van der Waals surface area contributed by atoms with Crippen molar-refractivity contribution in [3.63, 3.8) is 0 Å². The normalized spacial score (nSPS) is 15.0. The Labute approximate surface area is 154 Å². The summed E-state index contributed by atoms with van der Waals surface area (Å²) in [5.74, 6) is 1.92. The summed E-state index contributed by atoms with van der Waals surface area (Å²) in [5, 5.41) is 0. The van der Waals surface area contributed by atoms with Crippen molar-refractivity contribution in [1.29, 1.82) is 0 Å². The first kappa shape index (κ1) is 15.3. The van der Waals surface area contributed by atoms with Gasteiger partial charge in [-0.15, -0.1) is 0 Å². The number of aryl methyl sites for hydroxylation is 2. The Balaban J connectivity index is 1.80. The molecule has 0 atom stereocenters. The molecule has 0 bridgehead atoms. The van der Waals surface area contributed by atoms with Crippen LogP contribution in [-0.2, 0) is 12.8 Å². The number of aromatic nitrogens is 2. The maximum absolute atomic E-state index is 4.82. The second-order valence-electron chi connectivity index (χ2n) is 7.13. The Morgan fingerprint density at radius 2 is 1.73 bits per heavy atom. The van der Waals surface area contributed by atoms with Gasteiger partial charge in [-0.2, -0.15) is 0 Å². The molecule has 3 heteroatoms. The van der Waals surface area contributed by atoms with Gasteiger partial charge in [-0.05, 0) is 73.6 Å². The van der Waals surface area contributed by atoms with Crippen molar-refractivity contribution in [3.05, 3.63) is 76.6 Å². The topological polar surface area (TPSA) is 29.0 Å². The van der Waals surface area contributed by atoms with Crippen LogP contribution < -0.4 is 4.90 Å². The quantitative estimate of drug-likeness (QED) is 0.451. The Hall–Kier alpha value is -2.94. The van der Waals surface area contributed by atoms with Gasteiger partial charge in [-0.3, -0.25) is 4.90 Å². The number of anilines is 3. The van der Waals surface area contributed by atoms with E-state index in [2.05, 4.69) is 54.3 Å². The second kappa shape index (κ2) is 6.10. The number of rotatable bonds is 1. The Kier molecular flexibility index (Phi) is 3.59. The van der Waals surface area contributed by atoms with E-state index in [1.165, 1.54) is 41.6 Å². The highest BCUT2D eigenvalue weighted by Crippen LogP contribution is 2.42. The molecule has 26 heavy (non-hydrogen) atoms. The fourth-order valence-electron chi connectivity index (χ4n) is 4.10. The molecule has 1 aliphatic carbocycles. The van der Waals surface area contributed by atoms with E-state index in [1.807, 2.05) is 18.5 Å². The van der Waals surface area contributed by atoms with Crippen molar-refractivity contribution < 1.29 is 0 Å². The number of fused-ring (bicyclic) bond motifs is 3. The summed E-state index contributed by atoms with van der Waals surface area (Å²) in [5.41, 5.74) is 7.57. The average molecular weight is 339 g/mol.